The fourth-order valence-electron chi connectivity index (χ4n) is 1.87. The van der Waals surface area contributed by atoms with Crippen molar-refractivity contribution in [2.45, 2.75) is 13.3 Å². The van der Waals surface area contributed by atoms with Gasteiger partial charge in [0, 0.05) is 26.2 Å². The molecule has 106 valence electrons. The van der Waals surface area contributed by atoms with Gasteiger partial charge in [0.15, 0.2) is 0 Å². The fourth-order valence-corrected chi connectivity index (χ4v) is 1.87. The van der Waals surface area contributed by atoms with Gasteiger partial charge in [-0.05, 0) is 36.8 Å². The summed E-state index contributed by atoms with van der Waals surface area (Å²) in [6.07, 6.45) is 0.874. The lowest BCUT2D eigenvalue weighted by atomic mass is 10.2. The SMILES string of the molecule is COCCCOc1cc(C)cc(Oc2ccccc2)c1. The van der Waals surface area contributed by atoms with E-state index in [4.69, 9.17) is 14.2 Å². The van der Waals surface area contributed by atoms with Crippen molar-refractivity contribution in [3.8, 4) is 17.2 Å². The van der Waals surface area contributed by atoms with Crippen LogP contribution in [0.4, 0.5) is 0 Å². The number of ether oxygens (including phenoxy) is 3. The van der Waals surface area contributed by atoms with Crippen molar-refractivity contribution in [2.75, 3.05) is 20.3 Å². The minimum atomic E-state index is 0.641. The third kappa shape index (κ3) is 4.59. The van der Waals surface area contributed by atoms with Crippen LogP contribution in [0.1, 0.15) is 12.0 Å². The highest BCUT2D eigenvalue weighted by Crippen LogP contribution is 2.27. The normalized spacial score (nSPS) is 10.3. The fraction of sp³-hybridized carbons (Fsp3) is 0.294. The lowest BCUT2D eigenvalue weighted by Crippen LogP contribution is -2.01. The van der Waals surface area contributed by atoms with Crippen molar-refractivity contribution in [3.05, 3.63) is 54.1 Å². The summed E-state index contributed by atoms with van der Waals surface area (Å²) in [6.45, 7) is 3.38. The number of aryl methyl sites for hydroxylation is 1. The summed E-state index contributed by atoms with van der Waals surface area (Å²) in [5.74, 6) is 2.44. The van der Waals surface area contributed by atoms with E-state index in [0.29, 0.717) is 13.2 Å². The molecule has 0 unspecified atom stereocenters. The molecule has 0 atom stereocenters. The summed E-state index contributed by atoms with van der Waals surface area (Å²) in [6, 6.07) is 15.6. The molecule has 0 bridgehead atoms. The van der Waals surface area contributed by atoms with Gasteiger partial charge in [0.1, 0.15) is 17.2 Å². The maximum Gasteiger partial charge on any atom is 0.131 e. The van der Waals surface area contributed by atoms with Crippen molar-refractivity contribution in [1.29, 1.82) is 0 Å². The van der Waals surface area contributed by atoms with Crippen LogP contribution in [-0.2, 0) is 4.74 Å². The quantitative estimate of drug-likeness (QED) is 0.707. The van der Waals surface area contributed by atoms with Gasteiger partial charge in [-0.15, -0.1) is 0 Å². The van der Waals surface area contributed by atoms with Gasteiger partial charge >= 0.3 is 0 Å². The summed E-state index contributed by atoms with van der Waals surface area (Å²) in [4.78, 5) is 0. The minimum absolute atomic E-state index is 0.641. The minimum Gasteiger partial charge on any atom is -0.493 e. The lowest BCUT2D eigenvalue weighted by Gasteiger charge is -2.10. The second kappa shape index (κ2) is 7.56. The molecule has 3 heteroatoms. The molecule has 0 amide bonds. The van der Waals surface area contributed by atoms with Crippen LogP contribution in [0, 0.1) is 6.92 Å². The van der Waals surface area contributed by atoms with Gasteiger partial charge in [0.25, 0.3) is 0 Å². The Bertz CT molecular complexity index is 523. The molecule has 0 aliphatic carbocycles. The standard InChI is InChI=1S/C17H20O3/c1-14-11-16(19-10-6-9-18-2)13-17(12-14)20-15-7-4-3-5-8-15/h3-5,7-8,11-13H,6,9-10H2,1-2H3. The molecule has 0 aliphatic heterocycles. The number of hydrogen-bond donors (Lipinski definition) is 0. The van der Waals surface area contributed by atoms with E-state index in [1.54, 1.807) is 7.11 Å². The first-order valence-corrected chi connectivity index (χ1v) is 6.74. The Kier molecular flexibility index (Phi) is 5.44. The lowest BCUT2D eigenvalue weighted by molar-refractivity contribution is 0.172. The molecule has 0 aliphatic rings. The Balaban J connectivity index is 2.01. The third-order valence-electron chi connectivity index (χ3n) is 2.76. The van der Waals surface area contributed by atoms with Gasteiger partial charge in [-0.2, -0.15) is 0 Å². The molecule has 0 saturated heterocycles. The monoisotopic (exact) mass is 272 g/mol. The molecule has 0 N–H and O–H groups in total. The summed E-state index contributed by atoms with van der Waals surface area (Å²) in [7, 11) is 1.69. The maximum absolute atomic E-state index is 5.82. The van der Waals surface area contributed by atoms with Crippen LogP contribution in [0.15, 0.2) is 48.5 Å². The predicted molar refractivity (Wildman–Crippen MR) is 79.7 cm³/mol. The molecule has 0 spiro atoms. The molecule has 3 nitrogen and oxygen atoms in total. The largest absolute Gasteiger partial charge is 0.493 e. The number of benzene rings is 2. The molecule has 2 aromatic carbocycles. The Labute approximate surface area is 120 Å². The first kappa shape index (κ1) is 14.4. The van der Waals surface area contributed by atoms with E-state index in [9.17, 15) is 0 Å². The zero-order chi connectivity index (χ0) is 14.2. The highest BCUT2D eigenvalue weighted by Gasteiger charge is 2.02. The molecule has 20 heavy (non-hydrogen) atoms. The summed E-state index contributed by atoms with van der Waals surface area (Å²) in [5, 5.41) is 0. The van der Waals surface area contributed by atoms with Crippen LogP contribution in [-0.4, -0.2) is 20.3 Å². The molecule has 2 aromatic rings. The summed E-state index contributed by atoms with van der Waals surface area (Å²) < 4.78 is 16.5. The highest BCUT2D eigenvalue weighted by molar-refractivity contribution is 5.40. The van der Waals surface area contributed by atoms with Crippen molar-refractivity contribution >= 4 is 0 Å². The highest BCUT2D eigenvalue weighted by atomic mass is 16.5. The third-order valence-corrected chi connectivity index (χ3v) is 2.76. The van der Waals surface area contributed by atoms with Crippen LogP contribution in [0.2, 0.25) is 0 Å². The van der Waals surface area contributed by atoms with Gasteiger partial charge in [0.05, 0.1) is 6.61 Å². The zero-order valence-corrected chi connectivity index (χ0v) is 12.0. The van der Waals surface area contributed by atoms with Crippen LogP contribution < -0.4 is 9.47 Å². The summed E-state index contributed by atoms with van der Waals surface area (Å²) >= 11 is 0. The zero-order valence-electron chi connectivity index (χ0n) is 12.0. The molecule has 2 rings (SSSR count). The molecule has 0 fully saturated rings. The van der Waals surface area contributed by atoms with E-state index in [-0.39, 0.29) is 0 Å². The first-order chi connectivity index (χ1) is 9.78. The van der Waals surface area contributed by atoms with Crippen molar-refractivity contribution in [2.24, 2.45) is 0 Å². The Hall–Kier alpha value is -2.00. The van der Waals surface area contributed by atoms with Gasteiger partial charge in [-0.1, -0.05) is 18.2 Å². The van der Waals surface area contributed by atoms with Crippen molar-refractivity contribution in [1.82, 2.24) is 0 Å². The number of rotatable bonds is 7. The van der Waals surface area contributed by atoms with E-state index in [2.05, 4.69) is 0 Å². The Morgan fingerprint density at radius 1 is 0.850 bits per heavy atom. The predicted octanol–water partition coefficient (Wildman–Crippen LogP) is 4.20. The molecular formula is C17H20O3. The van der Waals surface area contributed by atoms with E-state index in [0.717, 1.165) is 29.2 Å². The first-order valence-electron chi connectivity index (χ1n) is 6.74. The molecule has 0 aromatic heterocycles. The van der Waals surface area contributed by atoms with E-state index in [1.807, 2.05) is 55.5 Å². The Morgan fingerprint density at radius 3 is 2.35 bits per heavy atom. The average Bonchev–Trinajstić information content (AvgIpc) is 2.44. The van der Waals surface area contributed by atoms with Crippen LogP contribution >= 0.6 is 0 Å². The summed E-state index contributed by atoms with van der Waals surface area (Å²) in [5.41, 5.74) is 1.11. The van der Waals surface area contributed by atoms with Crippen LogP contribution in [0.25, 0.3) is 0 Å². The smallest absolute Gasteiger partial charge is 0.131 e. The number of hydrogen-bond acceptors (Lipinski definition) is 3. The number of para-hydroxylation sites is 1. The van der Waals surface area contributed by atoms with Crippen LogP contribution in [0.5, 0.6) is 17.2 Å². The van der Waals surface area contributed by atoms with Gasteiger partial charge in [0.2, 0.25) is 0 Å². The average molecular weight is 272 g/mol. The van der Waals surface area contributed by atoms with Crippen LogP contribution in [0.3, 0.4) is 0 Å². The maximum atomic E-state index is 5.82. The topological polar surface area (TPSA) is 27.7 Å². The van der Waals surface area contributed by atoms with E-state index < -0.39 is 0 Å². The second-order valence-electron chi connectivity index (χ2n) is 4.59. The molecule has 0 radical (unpaired) electrons. The van der Waals surface area contributed by atoms with Gasteiger partial charge < -0.3 is 14.2 Å². The van der Waals surface area contributed by atoms with Crippen molar-refractivity contribution in [3.63, 3.8) is 0 Å². The molecule has 0 saturated carbocycles. The van der Waals surface area contributed by atoms with Crippen molar-refractivity contribution < 1.29 is 14.2 Å². The van der Waals surface area contributed by atoms with E-state index in [1.165, 1.54) is 0 Å². The second-order valence-corrected chi connectivity index (χ2v) is 4.59. The Morgan fingerprint density at radius 2 is 1.60 bits per heavy atom. The van der Waals surface area contributed by atoms with Gasteiger partial charge in [-0.25, -0.2) is 0 Å². The van der Waals surface area contributed by atoms with Gasteiger partial charge in [-0.3, -0.25) is 0 Å². The number of methoxy groups -OCH3 is 1. The molecule has 0 heterocycles. The van der Waals surface area contributed by atoms with E-state index >= 15 is 0 Å². The molecular weight excluding hydrogens is 252 g/mol.